The Morgan fingerprint density at radius 2 is 2.25 bits per heavy atom. The summed E-state index contributed by atoms with van der Waals surface area (Å²) in [6.45, 7) is 7.45. The molecule has 1 amide bonds. The molecule has 0 aromatic heterocycles. The Morgan fingerprint density at radius 1 is 1.50 bits per heavy atom. The van der Waals surface area contributed by atoms with Crippen molar-refractivity contribution in [1.82, 2.24) is 10.6 Å². The standard InChI is InChI=1S/C12H24N2O2/c1-12(2,3)16-11(15)14-9-5-7-10-6-4-8-13-10/h10,13H,4-9H2,1-3H3,(H,14,15)/t10-/m0/s1. The summed E-state index contributed by atoms with van der Waals surface area (Å²) in [5, 5.41) is 6.21. The highest BCUT2D eigenvalue weighted by atomic mass is 16.6. The van der Waals surface area contributed by atoms with Crippen molar-refractivity contribution in [2.75, 3.05) is 13.1 Å². The maximum absolute atomic E-state index is 11.3. The summed E-state index contributed by atoms with van der Waals surface area (Å²) in [4.78, 5) is 11.3. The van der Waals surface area contributed by atoms with Crippen LogP contribution in [0.15, 0.2) is 0 Å². The first-order chi connectivity index (χ1) is 7.47. The van der Waals surface area contributed by atoms with E-state index in [1.165, 1.54) is 12.8 Å². The van der Waals surface area contributed by atoms with Crippen molar-refractivity contribution in [3.8, 4) is 0 Å². The molecular weight excluding hydrogens is 204 g/mol. The lowest BCUT2D eigenvalue weighted by Gasteiger charge is -2.19. The number of rotatable bonds is 4. The summed E-state index contributed by atoms with van der Waals surface area (Å²) in [6.07, 6.45) is 4.38. The van der Waals surface area contributed by atoms with Crippen LogP contribution < -0.4 is 10.6 Å². The molecule has 0 unspecified atom stereocenters. The number of carbonyl (C=O) groups is 1. The summed E-state index contributed by atoms with van der Waals surface area (Å²) in [5.41, 5.74) is -0.406. The topological polar surface area (TPSA) is 50.4 Å². The second-order valence-corrected chi connectivity index (χ2v) is 5.36. The Bertz CT molecular complexity index is 218. The number of hydrogen-bond acceptors (Lipinski definition) is 3. The second-order valence-electron chi connectivity index (χ2n) is 5.36. The monoisotopic (exact) mass is 228 g/mol. The zero-order chi connectivity index (χ0) is 12.0. The van der Waals surface area contributed by atoms with Crippen LogP contribution in [-0.4, -0.2) is 30.8 Å². The number of hydrogen-bond donors (Lipinski definition) is 2. The van der Waals surface area contributed by atoms with Gasteiger partial charge in [-0.15, -0.1) is 0 Å². The van der Waals surface area contributed by atoms with Crippen molar-refractivity contribution in [2.24, 2.45) is 0 Å². The van der Waals surface area contributed by atoms with Gasteiger partial charge in [-0.1, -0.05) is 0 Å². The fourth-order valence-corrected chi connectivity index (χ4v) is 1.86. The number of nitrogens with one attached hydrogen (secondary N) is 2. The molecule has 4 nitrogen and oxygen atoms in total. The third kappa shape index (κ3) is 5.95. The predicted octanol–water partition coefficient (Wildman–Crippen LogP) is 2.04. The molecule has 0 spiro atoms. The van der Waals surface area contributed by atoms with Gasteiger partial charge in [-0.05, 0) is 53.0 Å². The molecule has 2 N–H and O–H groups in total. The Balaban J connectivity index is 2.00. The van der Waals surface area contributed by atoms with Crippen molar-refractivity contribution in [3.63, 3.8) is 0 Å². The van der Waals surface area contributed by atoms with Crippen LogP contribution in [0.25, 0.3) is 0 Å². The Hall–Kier alpha value is -0.770. The number of amides is 1. The van der Waals surface area contributed by atoms with Crippen molar-refractivity contribution >= 4 is 6.09 Å². The van der Waals surface area contributed by atoms with Gasteiger partial charge in [0.05, 0.1) is 0 Å². The summed E-state index contributed by atoms with van der Waals surface area (Å²) in [5.74, 6) is 0. The molecule has 0 bridgehead atoms. The maximum Gasteiger partial charge on any atom is 0.407 e. The summed E-state index contributed by atoms with van der Waals surface area (Å²) >= 11 is 0. The molecule has 16 heavy (non-hydrogen) atoms. The summed E-state index contributed by atoms with van der Waals surface area (Å²) in [6, 6.07) is 0.653. The van der Waals surface area contributed by atoms with E-state index < -0.39 is 5.60 Å². The minimum absolute atomic E-state index is 0.313. The third-order valence-corrected chi connectivity index (χ3v) is 2.56. The van der Waals surface area contributed by atoms with E-state index in [-0.39, 0.29) is 6.09 Å². The van der Waals surface area contributed by atoms with Crippen molar-refractivity contribution in [1.29, 1.82) is 0 Å². The van der Waals surface area contributed by atoms with E-state index in [1.54, 1.807) is 0 Å². The van der Waals surface area contributed by atoms with Gasteiger partial charge in [0.1, 0.15) is 5.60 Å². The van der Waals surface area contributed by atoms with E-state index >= 15 is 0 Å². The average Bonchev–Trinajstić information content (AvgIpc) is 2.62. The molecule has 1 rings (SSSR count). The summed E-state index contributed by atoms with van der Waals surface area (Å²) < 4.78 is 5.14. The van der Waals surface area contributed by atoms with Crippen molar-refractivity contribution in [2.45, 2.75) is 58.1 Å². The van der Waals surface area contributed by atoms with Crippen molar-refractivity contribution < 1.29 is 9.53 Å². The van der Waals surface area contributed by atoms with Crippen LogP contribution in [0.1, 0.15) is 46.5 Å². The molecule has 0 aliphatic carbocycles. The smallest absolute Gasteiger partial charge is 0.407 e. The van der Waals surface area contributed by atoms with Crippen LogP contribution in [0.3, 0.4) is 0 Å². The van der Waals surface area contributed by atoms with Crippen LogP contribution in [0, 0.1) is 0 Å². The molecule has 94 valence electrons. The highest BCUT2D eigenvalue weighted by Crippen LogP contribution is 2.10. The van der Waals surface area contributed by atoms with E-state index in [9.17, 15) is 4.79 Å². The molecule has 0 aromatic carbocycles. The normalized spacial score (nSPS) is 20.8. The van der Waals surface area contributed by atoms with E-state index in [1.807, 2.05) is 20.8 Å². The molecule has 0 aromatic rings. The van der Waals surface area contributed by atoms with Gasteiger partial charge in [0.25, 0.3) is 0 Å². The molecule has 1 aliphatic rings. The minimum Gasteiger partial charge on any atom is -0.444 e. The van der Waals surface area contributed by atoms with Crippen LogP contribution in [0.5, 0.6) is 0 Å². The first-order valence-corrected chi connectivity index (χ1v) is 6.17. The number of ether oxygens (including phenoxy) is 1. The molecular formula is C12H24N2O2. The lowest BCUT2D eigenvalue weighted by atomic mass is 10.1. The highest BCUT2D eigenvalue weighted by molar-refractivity contribution is 5.67. The van der Waals surface area contributed by atoms with Gasteiger partial charge < -0.3 is 15.4 Å². The quantitative estimate of drug-likeness (QED) is 0.724. The molecule has 1 atom stereocenters. The number of alkyl carbamates (subject to hydrolysis) is 1. The van der Waals surface area contributed by atoms with Crippen LogP contribution in [0.4, 0.5) is 4.79 Å². The zero-order valence-corrected chi connectivity index (χ0v) is 10.6. The largest absolute Gasteiger partial charge is 0.444 e. The predicted molar refractivity (Wildman–Crippen MR) is 64.5 cm³/mol. The second kappa shape index (κ2) is 6.09. The van der Waals surface area contributed by atoms with E-state index in [0.717, 1.165) is 19.4 Å². The van der Waals surface area contributed by atoms with Crippen LogP contribution in [-0.2, 0) is 4.74 Å². The average molecular weight is 228 g/mol. The lowest BCUT2D eigenvalue weighted by molar-refractivity contribution is 0.0526. The molecule has 0 radical (unpaired) electrons. The molecule has 1 fully saturated rings. The SMILES string of the molecule is CC(C)(C)OC(=O)NCCC[C@@H]1CCCN1. The molecule has 1 aliphatic heterocycles. The van der Waals surface area contributed by atoms with Crippen LogP contribution in [0.2, 0.25) is 0 Å². The van der Waals surface area contributed by atoms with Gasteiger partial charge in [0.2, 0.25) is 0 Å². The maximum atomic E-state index is 11.3. The van der Waals surface area contributed by atoms with Gasteiger partial charge in [-0.25, -0.2) is 4.79 Å². The third-order valence-electron chi connectivity index (χ3n) is 2.56. The highest BCUT2D eigenvalue weighted by Gasteiger charge is 2.16. The van der Waals surface area contributed by atoms with Crippen LogP contribution >= 0.6 is 0 Å². The fraction of sp³-hybridized carbons (Fsp3) is 0.917. The Kier molecular flexibility index (Phi) is 5.06. The number of carbonyl (C=O) groups excluding carboxylic acids is 1. The van der Waals surface area contributed by atoms with Gasteiger partial charge in [0, 0.05) is 12.6 Å². The van der Waals surface area contributed by atoms with Crippen molar-refractivity contribution in [3.05, 3.63) is 0 Å². The summed E-state index contributed by atoms with van der Waals surface area (Å²) in [7, 11) is 0. The molecule has 1 heterocycles. The van der Waals surface area contributed by atoms with E-state index in [2.05, 4.69) is 10.6 Å². The Labute approximate surface area is 98.1 Å². The molecule has 0 saturated carbocycles. The zero-order valence-electron chi connectivity index (χ0n) is 10.6. The Morgan fingerprint density at radius 3 is 2.81 bits per heavy atom. The van der Waals surface area contributed by atoms with Gasteiger partial charge in [-0.2, -0.15) is 0 Å². The van der Waals surface area contributed by atoms with Gasteiger partial charge in [0.15, 0.2) is 0 Å². The van der Waals surface area contributed by atoms with Gasteiger partial charge >= 0.3 is 6.09 Å². The molecule has 4 heteroatoms. The minimum atomic E-state index is -0.406. The van der Waals surface area contributed by atoms with Gasteiger partial charge in [-0.3, -0.25) is 0 Å². The molecule has 1 saturated heterocycles. The van der Waals surface area contributed by atoms with E-state index in [0.29, 0.717) is 12.6 Å². The first-order valence-electron chi connectivity index (χ1n) is 6.17. The fourth-order valence-electron chi connectivity index (χ4n) is 1.86. The van der Waals surface area contributed by atoms with E-state index in [4.69, 9.17) is 4.74 Å². The first kappa shape index (κ1) is 13.3. The lowest BCUT2D eigenvalue weighted by Crippen LogP contribution is -2.33.